The zero-order valence-electron chi connectivity index (χ0n) is 19.1. The minimum Gasteiger partial charge on any atom is -0.495 e. The van der Waals surface area contributed by atoms with Gasteiger partial charge in [0.25, 0.3) is 11.7 Å². The van der Waals surface area contributed by atoms with E-state index in [4.69, 9.17) is 4.74 Å². The number of methoxy groups -OCH3 is 1. The quantitative estimate of drug-likeness (QED) is 0.454. The molecule has 172 valence electrons. The number of rotatable bonds is 6. The van der Waals surface area contributed by atoms with Crippen LogP contribution in [0.25, 0.3) is 10.9 Å². The first-order valence-corrected chi connectivity index (χ1v) is 11.3. The van der Waals surface area contributed by atoms with Crippen LogP contribution < -0.4 is 10.1 Å². The van der Waals surface area contributed by atoms with Crippen molar-refractivity contribution in [1.29, 1.82) is 0 Å². The van der Waals surface area contributed by atoms with E-state index in [1.54, 1.807) is 29.0 Å². The van der Waals surface area contributed by atoms with Crippen molar-refractivity contribution in [3.63, 3.8) is 0 Å². The average molecular weight is 448 g/mol. The molecule has 0 saturated carbocycles. The molecule has 0 unspecified atom stereocenters. The molecule has 1 saturated heterocycles. The lowest BCUT2D eigenvalue weighted by molar-refractivity contribution is -0.131. The lowest BCUT2D eigenvalue weighted by Crippen LogP contribution is -2.34. The minimum absolute atomic E-state index is 0.0330. The van der Waals surface area contributed by atoms with E-state index in [0.717, 1.165) is 49.9 Å². The normalized spacial score (nSPS) is 14.1. The average Bonchev–Trinajstić information content (AvgIpc) is 2.98. The van der Waals surface area contributed by atoms with Crippen LogP contribution in [0.5, 0.6) is 5.75 Å². The van der Waals surface area contributed by atoms with E-state index >= 15 is 0 Å². The van der Waals surface area contributed by atoms with Crippen LogP contribution in [0.15, 0.2) is 48.7 Å². The van der Waals surface area contributed by atoms with Crippen molar-refractivity contribution in [3.8, 4) is 5.75 Å². The molecule has 0 spiro atoms. The van der Waals surface area contributed by atoms with Gasteiger partial charge in [-0.1, -0.05) is 37.1 Å². The summed E-state index contributed by atoms with van der Waals surface area (Å²) in [6.07, 6.45) is 5.95. The van der Waals surface area contributed by atoms with Gasteiger partial charge in [-0.2, -0.15) is 0 Å². The summed E-state index contributed by atoms with van der Waals surface area (Å²) in [5.41, 5.74) is 2.40. The maximum absolute atomic E-state index is 13.1. The molecule has 33 heavy (non-hydrogen) atoms. The number of nitrogens with one attached hydrogen (secondary N) is 1. The Morgan fingerprint density at radius 3 is 2.45 bits per heavy atom. The maximum atomic E-state index is 13.1. The summed E-state index contributed by atoms with van der Waals surface area (Å²) in [5, 5.41) is 3.33. The third-order valence-corrected chi connectivity index (χ3v) is 6.11. The summed E-state index contributed by atoms with van der Waals surface area (Å²) in [4.78, 5) is 40.8. The summed E-state index contributed by atoms with van der Waals surface area (Å²) in [5.74, 6) is -0.894. The number of anilines is 1. The number of aromatic nitrogens is 1. The summed E-state index contributed by atoms with van der Waals surface area (Å²) in [6, 6.07) is 12.7. The summed E-state index contributed by atoms with van der Waals surface area (Å²) < 4.78 is 7.07. The van der Waals surface area contributed by atoms with Crippen molar-refractivity contribution < 1.29 is 19.1 Å². The van der Waals surface area contributed by atoms with Gasteiger partial charge in [-0.05, 0) is 43.5 Å². The Morgan fingerprint density at radius 1 is 1.00 bits per heavy atom. The van der Waals surface area contributed by atoms with Crippen LogP contribution >= 0.6 is 0 Å². The lowest BCUT2D eigenvalue weighted by atomic mass is 10.1. The highest BCUT2D eigenvalue weighted by Gasteiger charge is 2.24. The molecule has 7 heteroatoms. The van der Waals surface area contributed by atoms with E-state index in [1.807, 2.05) is 36.1 Å². The second-order valence-corrected chi connectivity index (χ2v) is 8.47. The van der Waals surface area contributed by atoms with Crippen LogP contribution in [0.4, 0.5) is 5.69 Å². The van der Waals surface area contributed by atoms with Crippen LogP contribution in [0, 0.1) is 6.92 Å². The van der Waals surface area contributed by atoms with Crippen molar-refractivity contribution in [3.05, 3.63) is 59.8 Å². The number of ketones is 1. The number of hydrogen-bond donors (Lipinski definition) is 1. The third kappa shape index (κ3) is 4.92. The SMILES string of the molecule is COc1ccc(C)cc1NC(=O)C(=O)c1cn(CC(=O)N2CCCCCC2)c2ccccc12. The number of hydrogen-bond acceptors (Lipinski definition) is 4. The molecular weight excluding hydrogens is 418 g/mol. The standard InChI is InChI=1S/C26H29N3O4/c1-18-11-12-23(33-2)21(15-18)27-26(32)25(31)20-16-29(22-10-6-5-9-19(20)22)17-24(30)28-13-7-3-4-8-14-28/h5-6,9-12,15-16H,3-4,7-8,13-14,17H2,1-2H3,(H,27,32). The number of carbonyl (C=O) groups is 3. The van der Waals surface area contributed by atoms with Crippen molar-refractivity contribution in [2.45, 2.75) is 39.2 Å². The molecule has 1 aliphatic heterocycles. The van der Waals surface area contributed by atoms with E-state index in [1.165, 1.54) is 7.11 Å². The molecule has 0 aliphatic carbocycles. The van der Waals surface area contributed by atoms with Gasteiger partial charge in [0.2, 0.25) is 5.91 Å². The maximum Gasteiger partial charge on any atom is 0.296 e. The van der Waals surface area contributed by atoms with Gasteiger partial charge in [0.1, 0.15) is 12.3 Å². The Morgan fingerprint density at radius 2 is 1.73 bits per heavy atom. The molecule has 1 fully saturated rings. The molecule has 1 aliphatic rings. The number of likely N-dealkylation sites (tertiary alicyclic amines) is 1. The van der Waals surface area contributed by atoms with Gasteiger partial charge in [-0.25, -0.2) is 0 Å². The van der Waals surface area contributed by atoms with Crippen molar-refractivity contribution >= 4 is 34.2 Å². The molecule has 3 aromatic rings. The predicted octanol–water partition coefficient (Wildman–Crippen LogP) is 4.18. The molecule has 4 rings (SSSR count). The fourth-order valence-electron chi connectivity index (χ4n) is 4.35. The van der Waals surface area contributed by atoms with Gasteiger partial charge in [0.05, 0.1) is 18.4 Å². The highest BCUT2D eigenvalue weighted by molar-refractivity contribution is 6.48. The molecule has 2 heterocycles. The van der Waals surface area contributed by atoms with Crippen LogP contribution in [-0.2, 0) is 16.1 Å². The number of Topliss-reactive ketones (excluding diaryl/α,β-unsaturated/α-hetero) is 1. The second kappa shape index (κ2) is 9.90. The monoisotopic (exact) mass is 447 g/mol. The van der Waals surface area contributed by atoms with E-state index in [0.29, 0.717) is 16.8 Å². The van der Waals surface area contributed by atoms with E-state index in [2.05, 4.69) is 5.32 Å². The van der Waals surface area contributed by atoms with E-state index in [-0.39, 0.29) is 18.0 Å². The molecule has 2 amide bonds. The number of para-hydroxylation sites is 1. The molecule has 1 N–H and O–H groups in total. The molecule has 0 bridgehead atoms. The number of ether oxygens (including phenoxy) is 1. The topological polar surface area (TPSA) is 80.6 Å². The van der Waals surface area contributed by atoms with Crippen LogP contribution in [0.3, 0.4) is 0 Å². The smallest absolute Gasteiger partial charge is 0.296 e. The highest BCUT2D eigenvalue weighted by atomic mass is 16.5. The second-order valence-electron chi connectivity index (χ2n) is 8.47. The Hall–Kier alpha value is -3.61. The largest absolute Gasteiger partial charge is 0.495 e. The Labute approximate surface area is 193 Å². The number of carbonyl (C=O) groups excluding carboxylic acids is 3. The zero-order valence-corrected chi connectivity index (χ0v) is 19.1. The van der Waals surface area contributed by atoms with Crippen LogP contribution in [-0.4, -0.2) is 47.3 Å². The minimum atomic E-state index is -0.749. The number of aryl methyl sites for hydroxylation is 1. The number of nitrogens with zero attached hydrogens (tertiary/aromatic N) is 2. The predicted molar refractivity (Wildman–Crippen MR) is 128 cm³/mol. The summed E-state index contributed by atoms with van der Waals surface area (Å²) >= 11 is 0. The number of benzene rings is 2. The molecular formula is C26H29N3O4. The van der Waals surface area contributed by atoms with Gasteiger partial charge < -0.3 is 19.5 Å². The molecule has 0 radical (unpaired) electrons. The van der Waals surface area contributed by atoms with Crippen LogP contribution in [0.2, 0.25) is 0 Å². The van der Waals surface area contributed by atoms with Gasteiger partial charge >= 0.3 is 0 Å². The molecule has 2 aromatic carbocycles. The molecule has 7 nitrogen and oxygen atoms in total. The van der Waals surface area contributed by atoms with E-state index in [9.17, 15) is 14.4 Å². The van der Waals surface area contributed by atoms with Gasteiger partial charge in [0.15, 0.2) is 0 Å². The Balaban J connectivity index is 1.59. The first kappa shape index (κ1) is 22.6. The van der Waals surface area contributed by atoms with Crippen LogP contribution in [0.1, 0.15) is 41.6 Å². The summed E-state index contributed by atoms with van der Waals surface area (Å²) in [6.45, 7) is 3.57. The van der Waals surface area contributed by atoms with Gasteiger partial charge in [-0.3, -0.25) is 14.4 Å². The number of fused-ring (bicyclic) bond motifs is 1. The Kier molecular flexibility index (Phi) is 6.77. The fourth-order valence-corrected chi connectivity index (χ4v) is 4.35. The number of amides is 2. The fraction of sp³-hybridized carbons (Fsp3) is 0.346. The zero-order chi connectivity index (χ0) is 23.4. The first-order valence-electron chi connectivity index (χ1n) is 11.3. The van der Waals surface area contributed by atoms with Crippen molar-refractivity contribution in [1.82, 2.24) is 9.47 Å². The Bertz CT molecular complexity index is 1190. The summed E-state index contributed by atoms with van der Waals surface area (Å²) in [7, 11) is 1.51. The highest BCUT2D eigenvalue weighted by Crippen LogP contribution is 2.27. The van der Waals surface area contributed by atoms with E-state index < -0.39 is 11.7 Å². The lowest BCUT2D eigenvalue weighted by Gasteiger charge is -2.20. The van der Waals surface area contributed by atoms with Crippen molar-refractivity contribution in [2.75, 3.05) is 25.5 Å². The van der Waals surface area contributed by atoms with Crippen molar-refractivity contribution in [2.24, 2.45) is 0 Å². The van der Waals surface area contributed by atoms with Gasteiger partial charge in [-0.15, -0.1) is 0 Å². The molecule has 0 atom stereocenters. The van der Waals surface area contributed by atoms with Gasteiger partial charge in [0, 0.05) is 30.2 Å². The first-order chi connectivity index (χ1) is 16.0. The third-order valence-electron chi connectivity index (χ3n) is 6.11. The molecule has 1 aromatic heterocycles.